The number of aromatic nitrogens is 1. The number of pyridine rings is 1. The molecule has 1 unspecified atom stereocenters. The maximum atomic E-state index is 12.5. The second-order valence-electron chi connectivity index (χ2n) is 8.40. The lowest BCUT2D eigenvalue weighted by atomic mass is 10.2. The minimum Gasteiger partial charge on any atom is -0.357 e. The lowest BCUT2D eigenvalue weighted by Gasteiger charge is -2.33. The van der Waals surface area contributed by atoms with Gasteiger partial charge in [0.05, 0.1) is 12.6 Å². The molecule has 2 N–H and O–H groups in total. The summed E-state index contributed by atoms with van der Waals surface area (Å²) in [5, 5.41) is 6.72. The highest BCUT2D eigenvalue weighted by molar-refractivity contribution is 14.0. The van der Waals surface area contributed by atoms with E-state index in [1.165, 1.54) is 0 Å². The van der Waals surface area contributed by atoms with Gasteiger partial charge in [-0.05, 0) is 37.7 Å². The number of rotatable bonds is 6. The van der Waals surface area contributed by atoms with Crippen LogP contribution in [-0.4, -0.2) is 74.1 Å². The van der Waals surface area contributed by atoms with Crippen molar-refractivity contribution in [2.75, 3.05) is 56.1 Å². The van der Waals surface area contributed by atoms with Gasteiger partial charge >= 0.3 is 0 Å². The van der Waals surface area contributed by atoms with Gasteiger partial charge in [-0.2, -0.15) is 0 Å². The van der Waals surface area contributed by atoms with Crippen LogP contribution in [-0.2, 0) is 11.3 Å². The fourth-order valence-electron chi connectivity index (χ4n) is 4.08. The number of piperazine rings is 1. The molecule has 1 aromatic heterocycles. The Labute approximate surface area is 213 Å². The number of carbonyl (C=O) groups is 1. The molecule has 1 amide bonds. The van der Waals surface area contributed by atoms with Crippen molar-refractivity contribution in [2.24, 2.45) is 4.99 Å². The number of nitrogens with zero attached hydrogens (tertiary/aromatic N) is 5. The van der Waals surface area contributed by atoms with Crippen molar-refractivity contribution in [3.05, 3.63) is 54.2 Å². The Morgan fingerprint density at radius 2 is 1.88 bits per heavy atom. The molecule has 1 atom stereocenters. The molecule has 0 spiro atoms. The molecule has 2 fully saturated rings. The van der Waals surface area contributed by atoms with E-state index in [1.807, 2.05) is 48.4 Å². The van der Waals surface area contributed by atoms with E-state index in [0.717, 1.165) is 55.8 Å². The van der Waals surface area contributed by atoms with E-state index in [0.29, 0.717) is 19.5 Å². The van der Waals surface area contributed by atoms with Gasteiger partial charge in [-0.15, -0.1) is 24.0 Å². The average molecular weight is 563 g/mol. The van der Waals surface area contributed by atoms with Crippen molar-refractivity contribution < 1.29 is 4.79 Å². The van der Waals surface area contributed by atoms with E-state index in [-0.39, 0.29) is 35.9 Å². The number of benzene rings is 1. The van der Waals surface area contributed by atoms with Crippen molar-refractivity contribution in [1.29, 1.82) is 0 Å². The third-order valence-corrected chi connectivity index (χ3v) is 5.93. The summed E-state index contributed by atoms with van der Waals surface area (Å²) in [4.78, 5) is 28.4. The minimum absolute atomic E-state index is 0. The number of likely N-dealkylation sites (N-methyl/N-ethyl adjacent to an activating group) is 1. The smallest absolute Gasteiger partial charge is 0.229 e. The molecule has 2 saturated heterocycles. The number of guanidine groups is 1. The Balaban J connectivity index is 0.00000306. The van der Waals surface area contributed by atoms with Gasteiger partial charge in [0.15, 0.2) is 5.96 Å². The SMILES string of the molecule is CCNC(=NCc1ccc(N2CCN(C)CC2)nc1)NC1CC(=O)N(c2ccccc2)C1.I. The zero-order valence-corrected chi connectivity index (χ0v) is 21.7. The van der Waals surface area contributed by atoms with Gasteiger partial charge in [0.2, 0.25) is 5.91 Å². The second-order valence-corrected chi connectivity index (χ2v) is 8.40. The van der Waals surface area contributed by atoms with Crippen LogP contribution in [0.5, 0.6) is 0 Å². The zero-order valence-electron chi connectivity index (χ0n) is 19.4. The third kappa shape index (κ3) is 6.80. The van der Waals surface area contributed by atoms with Crippen LogP contribution >= 0.6 is 24.0 Å². The van der Waals surface area contributed by atoms with E-state index in [1.54, 1.807) is 0 Å². The predicted octanol–water partition coefficient (Wildman–Crippen LogP) is 2.31. The topological polar surface area (TPSA) is 76.1 Å². The second kappa shape index (κ2) is 12.2. The summed E-state index contributed by atoms with van der Waals surface area (Å²) in [7, 11) is 2.16. The summed E-state index contributed by atoms with van der Waals surface area (Å²) in [6, 6.07) is 14.0. The van der Waals surface area contributed by atoms with Crippen LogP contribution in [0, 0.1) is 0 Å². The van der Waals surface area contributed by atoms with Gasteiger partial charge in [-0.25, -0.2) is 9.98 Å². The predicted molar refractivity (Wildman–Crippen MR) is 145 cm³/mol. The number of nitrogens with one attached hydrogen (secondary N) is 2. The molecule has 2 aliphatic rings. The highest BCUT2D eigenvalue weighted by Gasteiger charge is 2.31. The van der Waals surface area contributed by atoms with E-state index >= 15 is 0 Å². The molecule has 0 aliphatic carbocycles. The van der Waals surface area contributed by atoms with Crippen LogP contribution in [0.1, 0.15) is 18.9 Å². The van der Waals surface area contributed by atoms with E-state index in [9.17, 15) is 4.79 Å². The summed E-state index contributed by atoms with van der Waals surface area (Å²) < 4.78 is 0. The van der Waals surface area contributed by atoms with Crippen molar-refractivity contribution in [3.63, 3.8) is 0 Å². The lowest BCUT2D eigenvalue weighted by Crippen LogP contribution is -2.44. The summed E-state index contributed by atoms with van der Waals surface area (Å²) in [5.74, 6) is 1.89. The fourth-order valence-corrected chi connectivity index (χ4v) is 4.08. The molecule has 0 radical (unpaired) electrons. The maximum Gasteiger partial charge on any atom is 0.229 e. The van der Waals surface area contributed by atoms with Crippen LogP contribution in [0.2, 0.25) is 0 Å². The van der Waals surface area contributed by atoms with Gasteiger partial charge in [0.1, 0.15) is 5.82 Å². The monoisotopic (exact) mass is 563 g/mol. The highest BCUT2D eigenvalue weighted by Crippen LogP contribution is 2.21. The molecule has 0 bridgehead atoms. The Hall–Kier alpha value is -2.40. The molecule has 9 heteroatoms. The number of amides is 1. The van der Waals surface area contributed by atoms with Gasteiger partial charge in [0, 0.05) is 57.6 Å². The fraction of sp³-hybridized carbons (Fsp3) is 0.458. The van der Waals surface area contributed by atoms with Crippen LogP contribution < -0.4 is 20.4 Å². The Morgan fingerprint density at radius 3 is 2.55 bits per heavy atom. The number of hydrogen-bond acceptors (Lipinski definition) is 5. The van der Waals surface area contributed by atoms with Crippen LogP contribution in [0.25, 0.3) is 0 Å². The molecular weight excluding hydrogens is 529 g/mol. The van der Waals surface area contributed by atoms with E-state index < -0.39 is 0 Å². The molecule has 2 aromatic rings. The number of aliphatic imine (C=N–C) groups is 1. The molecule has 2 aliphatic heterocycles. The molecule has 0 saturated carbocycles. The molecule has 33 heavy (non-hydrogen) atoms. The van der Waals surface area contributed by atoms with E-state index in [2.05, 4.69) is 44.6 Å². The third-order valence-electron chi connectivity index (χ3n) is 5.93. The first kappa shape index (κ1) is 25.2. The Morgan fingerprint density at radius 1 is 1.12 bits per heavy atom. The summed E-state index contributed by atoms with van der Waals surface area (Å²) in [5.41, 5.74) is 2.00. The van der Waals surface area contributed by atoms with Crippen molar-refractivity contribution >= 4 is 47.3 Å². The number of carbonyl (C=O) groups excluding carboxylic acids is 1. The number of halogens is 1. The van der Waals surface area contributed by atoms with Crippen molar-refractivity contribution in [3.8, 4) is 0 Å². The number of hydrogen-bond donors (Lipinski definition) is 2. The summed E-state index contributed by atoms with van der Waals surface area (Å²) >= 11 is 0. The molecule has 8 nitrogen and oxygen atoms in total. The average Bonchev–Trinajstić information content (AvgIpc) is 3.19. The highest BCUT2D eigenvalue weighted by atomic mass is 127. The van der Waals surface area contributed by atoms with Crippen molar-refractivity contribution in [1.82, 2.24) is 20.5 Å². The summed E-state index contributed by atoms with van der Waals surface area (Å²) in [6.07, 6.45) is 2.37. The molecule has 3 heterocycles. The first-order chi connectivity index (χ1) is 15.6. The molecule has 1 aromatic carbocycles. The zero-order chi connectivity index (χ0) is 22.3. The quantitative estimate of drug-likeness (QED) is 0.320. The first-order valence-electron chi connectivity index (χ1n) is 11.4. The molecule has 4 rings (SSSR count). The maximum absolute atomic E-state index is 12.5. The molecule has 178 valence electrons. The lowest BCUT2D eigenvalue weighted by molar-refractivity contribution is -0.117. The standard InChI is InChI=1S/C24H33N7O.HI/c1-3-25-24(28-20-15-23(32)31(18-20)21-7-5-4-6-8-21)27-17-19-9-10-22(26-16-19)30-13-11-29(2)12-14-30;/h4-10,16,20H,3,11-15,17-18H2,1-2H3,(H2,25,27,28);1H. The molecular formula is C24H34IN7O. The Bertz CT molecular complexity index is 914. The normalized spacial score (nSPS) is 19.4. The largest absolute Gasteiger partial charge is 0.357 e. The summed E-state index contributed by atoms with van der Waals surface area (Å²) in [6.45, 7) is 8.12. The van der Waals surface area contributed by atoms with Crippen LogP contribution in [0.15, 0.2) is 53.7 Å². The first-order valence-corrected chi connectivity index (χ1v) is 11.4. The van der Waals surface area contributed by atoms with Crippen molar-refractivity contribution in [2.45, 2.75) is 25.9 Å². The van der Waals surface area contributed by atoms with Gasteiger partial charge in [-0.1, -0.05) is 24.3 Å². The van der Waals surface area contributed by atoms with Gasteiger partial charge < -0.3 is 25.3 Å². The Kier molecular flexibility index (Phi) is 9.30. The van der Waals surface area contributed by atoms with Crippen LogP contribution in [0.4, 0.5) is 11.5 Å². The number of anilines is 2. The van der Waals surface area contributed by atoms with Gasteiger partial charge in [0.25, 0.3) is 0 Å². The van der Waals surface area contributed by atoms with Crippen LogP contribution in [0.3, 0.4) is 0 Å². The minimum atomic E-state index is 0. The van der Waals surface area contributed by atoms with E-state index in [4.69, 9.17) is 4.99 Å². The number of para-hydroxylation sites is 1. The van der Waals surface area contributed by atoms with Gasteiger partial charge in [-0.3, -0.25) is 4.79 Å².